The van der Waals surface area contributed by atoms with Gasteiger partial charge in [0.1, 0.15) is 0 Å². The molecule has 1 fully saturated rings. The number of nitrogens with zero attached hydrogens (tertiary/aromatic N) is 1. The van der Waals surface area contributed by atoms with Crippen LogP contribution >= 0.6 is 11.3 Å². The maximum Gasteiger partial charge on any atom is 0.228 e. The van der Waals surface area contributed by atoms with Crippen molar-refractivity contribution in [1.82, 2.24) is 10.3 Å². The van der Waals surface area contributed by atoms with Gasteiger partial charge in [-0.05, 0) is 25.1 Å². The molecule has 5 nitrogen and oxygen atoms in total. The highest BCUT2D eigenvalue weighted by Gasteiger charge is 2.50. The molecule has 0 aliphatic carbocycles. The van der Waals surface area contributed by atoms with Gasteiger partial charge < -0.3 is 9.74 Å². The topological polar surface area (TPSA) is 68.3 Å². The molecule has 0 spiro atoms. The fraction of sp³-hybridized carbons (Fsp3) is 0.706. The molecule has 134 valence electrons. The first-order valence-corrected chi connectivity index (χ1v) is 12.2. The van der Waals surface area contributed by atoms with E-state index in [0.29, 0.717) is 5.01 Å². The van der Waals surface area contributed by atoms with Crippen molar-refractivity contribution >= 4 is 31.3 Å². The second-order valence-electron chi connectivity index (χ2n) is 8.13. The zero-order chi connectivity index (χ0) is 18.3. The van der Waals surface area contributed by atoms with E-state index in [4.69, 9.17) is 4.43 Å². The number of carbonyl (C=O) groups excluding carboxylic acids is 2. The van der Waals surface area contributed by atoms with E-state index in [1.165, 1.54) is 11.3 Å². The molecule has 1 aromatic rings. The standard InChI is InChI=1S/C17H28N2O3SSi/c1-10(14(20)16-18-8-9-23-16)13-12(15(21)19-13)11(2)22-24(6,7)17(3,4)5/h8-13H,1-7H3,(H,19,21)/t10-,11-,12-,13-/m1/s1. The first-order valence-electron chi connectivity index (χ1n) is 8.37. The van der Waals surface area contributed by atoms with Gasteiger partial charge >= 0.3 is 0 Å². The minimum atomic E-state index is -1.96. The van der Waals surface area contributed by atoms with Crippen LogP contribution in [0.15, 0.2) is 11.6 Å². The average molecular weight is 369 g/mol. The number of hydrogen-bond acceptors (Lipinski definition) is 5. The van der Waals surface area contributed by atoms with Crippen molar-refractivity contribution in [1.29, 1.82) is 0 Å². The van der Waals surface area contributed by atoms with Gasteiger partial charge in [-0.25, -0.2) is 4.98 Å². The van der Waals surface area contributed by atoms with Crippen LogP contribution in [-0.2, 0) is 9.22 Å². The number of rotatable bonds is 6. The highest BCUT2D eigenvalue weighted by Crippen LogP contribution is 2.39. The van der Waals surface area contributed by atoms with Crippen molar-refractivity contribution < 1.29 is 14.0 Å². The van der Waals surface area contributed by atoms with Gasteiger partial charge in [0.2, 0.25) is 5.91 Å². The Morgan fingerprint density at radius 2 is 2.00 bits per heavy atom. The number of Topliss-reactive ketones (excluding diaryl/α,β-unsaturated/α-hetero) is 1. The lowest BCUT2D eigenvalue weighted by Crippen LogP contribution is -2.66. The normalized spacial score (nSPS) is 24.0. The van der Waals surface area contributed by atoms with Crippen molar-refractivity contribution in [3.05, 3.63) is 16.6 Å². The van der Waals surface area contributed by atoms with Crippen molar-refractivity contribution in [2.45, 2.75) is 64.9 Å². The summed E-state index contributed by atoms with van der Waals surface area (Å²) in [5, 5.41) is 5.27. The van der Waals surface area contributed by atoms with E-state index in [-0.39, 0.29) is 40.7 Å². The lowest BCUT2D eigenvalue weighted by atomic mass is 9.77. The molecule has 0 saturated carbocycles. The van der Waals surface area contributed by atoms with E-state index in [1.54, 1.807) is 11.6 Å². The van der Waals surface area contributed by atoms with Crippen molar-refractivity contribution in [2.24, 2.45) is 11.8 Å². The second-order valence-corrected chi connectivity index (χ2v) is 13.8. The van der Waals surface area contributed by atoms with E-state index in [1.807, 2.05) is 13.8 Å². The summed E-state index contributed by atoms with van der Waals surface area (Å²) in [5.41, 5.74) is 0. The van der Waals surface area contributed by atoms with Crippen LogP contribution in [-0.4, -0.2) is 37.1 Å². The molecule has 1 aromatic heterocycles. The Balaban J connectivity index is 2.09. The zero-order valence-corrected chi connectivity index (χ0v) is 17.4. The SMILES string of the molecule is C[C@@H](O[Si](C)(C)C(C)(C)C)[C@H]1C(=O)N[C@@H]1[C@@H](C)C(=O)c1nccs1. The van der Waals surface area contributed by atoms with Gasteiger partial charge in [0.15, 0.2) is 19.1 Å². The molecular formula is C17H28N2O3SSi. The van der Waals surface area contributed by atoms with Crippen LogP contribution in [0.5, 0.6) is 0 Å². The maximum absolute atomic E-state index is 12.5. The van der Waals surface area contributed by atoms with E-state index in [2.05, 4.69) is 44.2 Å². The zero-order valence-electron chi connectivity index (χ0n) is 15.5. The smallest absolute Gasteiger partial charge is 0.228 e. The van der Waals surface area contributed by atoms with E-state index in [0.717, 1.165) is 0 Å². The summed E-state index contributed by atoms with van der Waals surface area (Å²) in [6.07, 6.45) is 1.43. The van der Waals surface area contributed by atoms with E-state index < -0.39 is 8.32 Å². The molecule has 0 radical (unpaired) electrons. The van der Waals surface area contributed by atoms with Crippen LogP contribution in [0.3, 0.4) is 0 Å². The predicted octanol–water partition coefficient (Wildman–Crippen LogP) is 3.49. The monoisotopic (exact) mass is 368 g/mol. The minimum absolute atomic E-state index is 0.0143. The van der Waals surface area contributed by atoms with Crippen LogP contribution in [0.2, 0.25) is 18.1 Å². The van der Waals surface area contributed by atoms with Gasteiger partial charge in [-0.1, -0.05) is 27.7 Å². The molecule has 1 aliphatic heterocycles. The fourth-order valence-electron chi connectivity index (χ4n) is 2.78. The van der Waals surface area contributed by atoms with Crippen molar-refractivity contribution in [2.75, 3.05) is 0 Å². The molecule has 1 N–H and O–H groups in total. The van der Waals surface area contributed by atoms with Gasteiger partial charge in [-0.3, -0.25) is 9.59 Å². The summed E-state index contributed by atoms with van der Waals surface area (Å²) in [4.78, 5) is 28.7. The number of nitrogens with one attached hydrogen (secondary N) is 1. The molecule has 0 aromatic carbocycles. The van der Waals surface area contributed by atoms with E-state index >= 15 is 0 Å². The molecule has 0 unspecified atom stereocenters. The Morgan fingerprint density at radius 1 is 1.38 bits per heavy atom. The largest absolute Gasteiger partial charge is 0.413 e. The Hall–Kier alpha value is -1.05. The first-order chi connectivity index (χ1) is 11.0. The Morgan fingerprint density at radius 3 is 2.46 bits per heavy atom. The number of hydrogen-bond donors (Lipinski definition) is 1. The third-order valence-corrected chi connectivity index (χ3v) is 10.7. The van der Waals surface area contributed by atoms with Gasteiger partial charge in [0, 0.05) is 17.5 Å². The third-order valence-electron chi connectivity index (χ3n) is 5.39. The van der Waals surface area contributed by atoms with Crippen LogP contribution in [0.1, 0.15) is 44.4 Å². The molecule has 4 atom stereocenters. The van der Waals surface area contributed by atoms with Gasteiger partial charge in [0.25, 0.3) is 0 Å². The maximum atomic E-state index is 12.5. The van der Waals surface area contributed by atoms with Gasteiger partial charge in [-0.2, -0.15) is 0 Å². The molecular weight excluding hydrogens is 340 g/mol. The lowest BCUT2D eigenvalue weighted by molar-refractivity contribution is -0.141. The molecule has 1 saturated heterocycles. The number of ketones is 1. The summed E-state index contributed by atoms with van der Waals surface area (Å²) < 4.78 is 6.38. The van der Waals surface area contributed by atoms with Crippen LogP contribution < -0.4 is 5.32 Å². The van der Waals surface area contributed by atoms with Gasteiger partial charge in [-0.15, -0.1) is 11.3 Å². The minimum Gasteiger partial charge on any atom is -0.413 e. The second kappa shape index (κ2) is 6.69. The quantitative estimate of drug-likeness (QED) is 0.474. The summed E-state index contributed by atoms with van der Waals surface area (Å²) in [6, 6.07) is -0.186. The lowest BCUT2D eigenvalue weighted by Gasteiger charge is -2.46. The fourth-order valence-corrected chi connectivity index (χ4v) is 4.88. The first kappa shape index (κ1) is 19.3. The van der Waals surface area contributed by atoms with Crippen molar-refractivity contribution in [3.8, 4) is 0 Å². The predicted molar refractivity (Wildman–Crippen MR) is 98.8 cm³/mol. The number of carbonyl (C=O) groups is 2. The van der Waals surface area contributed by atoms with Crippen LogP contribution in [0.25, 0.3) is 0 Å². The number of thiazole rings is 1. The molecule has 0 bridgehead atoms. The van der Waals surface area contributed by atoms with E-state index in [9.17, 15) is 9.59 Å². The molecule has 2 rings (SSSR count). The summed E-state index contributed by atoms with van der Waals surface area (Å²) >= 11 is 1.34. The Bertz CT molecular complexity index is 610. The van der Waals surface area contributed by atoms with Gasteiger partial charge in [0.05, 0.1) is 18.1 Å². The molecule has 2 heterocycles. The summed E-state index contributed by atoms with van der Waals surface area (Å²) in [5.74, 6) is -0.619. The Kier molecular flexibility index (Phi) is 5.37. The number of aromatic nitrogens is 1. The summed E-state index contributed by atoms with van der Waals surface area (Å²) in [7, 11) is -1.96. The molecule has 7 heteroatoms. The van der Waals surface area contributed by atoms with Crippen molar-refractivity contribution in [3.63, 3.8) is 0 Å². The highest BCUT2D eigenvalue weighted by atomic mass is 32.1. The molecule has 1 amide bonds. The molecule has 24 heavy (non-hydrogen) atoms. The Labute approximate surface area is 149 Å². The average Bonchev–Trinajstić information content (AvgIpc) is 2.95. The number of β-lactam (4-membered cyclic amide) rings is 1. The third kappa shape index (κ3) is 3.63. The number of amides is 1. The van der Waals surface area contributed by atoms with Crippen LogP contribution in [0.4, 0.5) is 0 Å². The highest BCUT2D eigenvalue weighted by molar-refractivity contribution is 7.11. The van der Waals surface area contributed by atoms with Crippen LogP contribution in [0, 0.1) is 11.8 Å². The summed E-state index contributed by atoms with van der Waals surface area (Å²) in [6.45, 7) is 14.7. The molecule has 1 aliphatic rings.